The molecule has 0 spiro atoms. The number of pyridine rings is 1. The normalized spacial score (nSPS) is 19.7. The number of aromatic nitrogens is 4. The molecule has 0 aromatic carbocycles. The van der Waals surface area contributed by atoms with Crippen molar-refractivity contribution in [3.05, 3.63) is 47.4 Å². The van der Waals surface area contributed by atoms with E-state index in [1.807, 2.05) is 0 Å². The molecular formula is C20H21F2N5O. The van der Waals surface area contributed by atoms with Crippen molar-refractivity contribution in [3.8, 4) is 0 Å². The third-order valence-electron chi connectivity index (χ3n) is 5.38. The zero-order chi connectivity index (χ0) is 19.7. The minimum Gasteiger partial charge on any atom is -0.372 e. The van der Waals surface area contributed by atoms with Crippen molar-refractivity contribution in [2.45, 2.75) is 38.3 Å². The molecule has 146 valence electrons. The molecule has 0 radical (unpaired) electrons. The van der Waals surface area contributed by atoms with Crippen LogP contribution >= 0.6 is 0 Å². The second-order valence-electron chi connectivity index (χ2n) is 7.19. The average Bonchev–Trinajstić information content (AvgIpc) is 3.14. The number of anilines is 1. The van der Waals surface area contributed by atoms with Crippen LogP contribution in [0.1, 0.15) is 47.3 Å². The van der Waals surface area contributed by atoms with E-state index >= 15 is 0 Å². The highest BCUT2D eigenvalue weighted by Gasteiger charge is 2.24. The number of rotatable bonds is 5. The van der Waals surface area contributed by atoms with Crippen molar-refractivity contribution < 1.29 is 13.6 Å². The minimum atomic E-state index is -0.793. The van der Waals surface area contributed by atoms with Crippen LogP contribution in [-0.4, -0.2) is 38.9 Å². The van der Waals surface area contributed by atoms with Gasteiger partial charge in [0, 0.05) is 18.9 Å². The smallest absolute Gasteiger partial charge is 0.224 e. The predicted molar refractivity (Wildman–Crippen MR) is 102 cm³/mol. The number of alkyl halides is 1. The van der Waals surface area contributed by atoms with E-state index in [0.29, 0.717) is 47.7 Å². The summed E-state index contributed by atoms with van der Waals surface area (Å²) in [5, 5.41) is 3.43. The fourth-order valence-electron chi connectivity index (χ4n) is 3.85. The lowest BCUT2D eigenvalue weighted by Gasteiger charge is -2.23. The minimum absolute atomic E-state index is 0.0944. The summed E-state index contributed by atoms with van der Waals surface area (Å²) in [6.07, 6.45) is 5.45. The van der Waals surface area contributed by atoms with Gasteiger partial charge in [0.2, 0.25) is 5.95 Å². The van der Waals surface area contributed by atoms with E-state index in [2.05, 4.69) is 25.3 Å². The molecule has 1 saturated carbocycles. The molecule has 0 amide bonds. The summed E-state index contributed by atoms with van der Waals surface area (Å²) in [6, 6.07) is 3.16. The monoisotopic (exact) mass is 385 g/mol. The first-order valence-corrected chi connectivity index (χ1v) is 9.40. The van der Waals surface area contributed by atoms with Gasteiger partial charge in [0.1, 0.15) is 24.0 Å². The van der Waals surface area contributed by atoms with Crippen molar-refractivity contribution in [3.63, 3.8) is 0 Å². The molecule has 6 nitrogen and oxygen atoms in total. The number of nitrogens with one attached hydrogen (secondary N) is 2. The van der Waals surface area contributed by atoms with Crippen LogP contribution in [0.4, 0.5) is 14.6 Å². The van der Waals surface area contributed by atoms with Gasteiger partial charge >= 0.3 is 0 Å². The molecule has 1 fully saturated rings. The topological polar surface area (TPSA) is 83.6 Å². The fourth-order valence-corrected chi connectivity index (χ4v) is 3.85. The molecule has 0 bridgehead atoms. The molecule has 0 aliphatic heterocycles. The van der Waals surface area contributed by atoms with Crippen LogP contribution in [0.25, 0.3) is 11.0 Å². The molecular weight excluding hydrogens is 364 g/mol. The summed E-state index contributed by atoms with van der Waals surface area (Å²) >= 11 is 0. The highest BCUT2D eigenvalue weighted by atomic mass is 19.1. The SMILES string of the molecule is CNc1ncnc2[nH]cc(C(=O)c3ccc(CC4CCC(F)CC4)nc3F)c12. The molecule has 2 N–H and O–H groups in total. The van der Waals surface area contributed by atoms with Gasteiger partial charge in [0.15, 0.2) is 5.78 Å². The van der Waals surface area contributed by atoms with Crippen LogP contribution in [0.15, 0.2) is 24.7 Å². The second-order valence-corrected chi connectivity index (χ2v) is 7.19. The summed E-state index contributed by atoms with van der Waals surface area (Å²) in [6.45, 7) is 0. The van der Waals surface area contributed by atoms with E-state index in [1.165, 1.54) is 18.6 Å². The fraction of sp³-hybridized carbons (Fsp3) is 0.400. The van der Waals surface area contributed by atoms with Crippen molar-refractivity contribution in [2.75, 3.05) is 12.4 Å². The standard InChI is InChI=1S/C20H21F2N5O/c1-23-19-16-15(9-24-20(16)26-10-25-19)17(28)14-7-6-13(27-18(14)22)8-11-2-4-12(21)5-3-11/h6-7,9-12H,2-5,8H2,1H3,(H2,23,24,25,26). The molecule has 4 rings (SSSR count). The molecule has 1 aliphatic carbocycles. The number of H-pyrrole nitrogens is 1. The lowest BCUT2D eigenvalue weighted by Crippen LogP contribution is -2.17. The van der Waals surface area contributed by atoms with Crippen molar-refractivity contribution >= 4 is 22.6 Å². The molecule has 3 aromatic rings. The van der Waals surface area contributed by atoms with Gasteiger partial charge in [-0.2, -0.15) is 4.39 Å². The maximum absolute atomic E-state index is 14.6. The molecule has 8 heteroatoms. The maximum atomic E-state index is 14.6. The van der Waals surface area contributed by atoms with Crippen molar-refractivity contribution in [1.29, 1.82) is 0 Å². The van der Waals surface area contributed by atoms with Crippen LogP contribution in [0.5, 0.6) is 0 Å². The molecule has 3 heterocycles. The number of aromatic amines is 1. The largest absolute Gasteiger partial charge is 0.372 e. The third kappa shape index (κ3) is 3.46. The third-order valence-corrected chi connectivity index (χ3v) is 5.38. The van der Waals surface area contributed by atoms with Gasteiger partial charge < -0.3 is 10.3 Å². The molecule has 3 aromatic heterocycles. The predicted octanol–water partition coefficient (Wildman–Crippen LogP) is 3.84. The Balaban J connectivity index is 1.59. The molecule has 0 atom stereocenters. The summed E-state index contributed by atoms with van der Waals surface area (Å²) < 4.78 is 27.9. The number of carbonyl (C=O) groups excluding carboxylic acids is 1. The highest BCUT2D eigenvalue weighted by Crippen LogP contribution is 2.29. The Labute approximate surface area is 160 Å². The summed E-state index contributed by atoms with van der Waals surface area (Å²) in [5.74, 6) is -0.474. The van der Waals surface area contributed by atoms with Gasteiger partial charge in [0.05, 0.1) is 16.5 Å². The van der Waals surface area contributed by atoms with Crippen LogP contribution in [0.2, 0.25) is 0 Å². The van der Waals surface area contributed by atoms with Crippen LogP contribution in [0, 0.1) is 11.9 Å². The molecule has 0 saturated heterocycles. The Morgan fingerprint density at radius 1 is 1.21 bits per heavy atom. The van der Waals surface area contributed by atoms with Gasteiger partial charge in [-0.15, -0.1) is 0 Å². The van der Waals surface area contributed by atoms with Crippen LogP contribution < -0.4 is 5.32 Å². The van der Waals surface area contributed by atoms with Gasteiger partial charge in [-0.05, 0) is 50.2 Å². The number of ketones is 1. The van der Waals surface area contributed by atoms with E-state index in [9.17, 15) is 13.6 Å². The highest BCUT2D eigenvalue weighted by molar-refractivity contribution is 6.17. The summed E-state index contributed by atoms with van der Waals surface area (Å²) in [5.41, 5.74) is 1.28. The van der Waals surface area contributed by atoms with Crippen molar-refractivity contribution in [2.24, 2.45) is 5.92 Å². The summed E-state index contributed by atoms with van der Waals surface area (Å²) in [7, 11) is 1.69. The first-order valence-electron chi connectivity index (χ1n) is 9.40. The zero-order valence-electron chi connectivity index (χ0n) is 15.5. The lowest BCUT2D eigenvalue weighted by atomic mass is 9.85. The Morgan fingerprint density at radius 2 is 2.00 bits per heavy atom. The Bertz CT molecular complexity index is 1010. The number of nitrogens with zero attached hydrogens (tertiary/aromatic N) is 3. The number of carbonyl (C=O) groups is 1. The zero-order valence-corrected chi connectivity index (χ0v) is 15.5. The molecule has 28 heavy (non-hydrogen) atoms. The Morgan fingerprint density at radius 3 is 2.71 bits per heavy atom. The van der Waals surface area contributed by atoms with E-state index < -0.39 is 17.9 Å². The molecule has 1 aliphatic rings. The second kappa shape index (κ2) is 7.61. The number of halogens is 2. The van der Waals surface area contributed by atoms with Gasteiger partial charge in [-0.25, -0.2) is 19.3 Å². The van der Waals surface area contributed by atoms with Crippen LogP contribution in [-0.2, 0) is 6.42 Å². The Hall–Kier alpha value is -2.90. The van der Waals surface area contributed by atoms with E-state index in [4.69, 9.17) is 0 Å². The van der Waals surface area contributed by atoms with Gasteiger partial charge in [0.25, 0.3) is 0 Å². The quantitative estimate of drug-likeness (QED) is 0.515. The lowest BCUT2D eigenvalue weighted by molar-refractivity contribution is 0.103. The van der Waals surface area contributed by atoms with E-state index in [-0.39, 0.29) is 11.1 Å². The van der Waals surface area contributed by atoms with Crippen LogP contribution in [0.3, 0.4) is 0 Å². The van der Waals surface area contributed by atoms with E-state index in [0.717, 1.165) is 12.8 Å². The number of hydrogen-bond acceptors (Lipinski definition) is 5. The average molecular weight is 385 g/mol. The first-order chi connectivity index (χ1) is 13.6. The molecule has 0 unspecified atom stereocenters. The summed E-state index contributed by atoms with van der Waals surface area (Å²) in [4.78, 5) is 28.1. The van der Waals surface area contributed by atoms with E-state index in [1.54, 1.807) is 13.1 Å². The van der Waals surface area contributed by atoms with Crippen molar-refractivity contribution in [1.82, 2.24) is 19.9 Å². The Kier molecular flexibility index (Phi) is 5.02. The van der Waals surface area contributed by atoms with Gasteiger partial charge in [-0.3, -0.25) is 4.79 Å². The first kappa shape index (κ1) is 18.5. The maximum Gasteiger partial charge on any atom is 0.224 e. The van der Waals surface area contributed by atoms with Gasteiger partial charge in [-0.1, -0.05) is 0 Å². The number of fused-ring (bicyclic) bond motifs is 1. The number of hydrogen-bond donors (Lipinski definition) is 2.